The average Bonchev–Trinajstić information content (AvgIpc) is 3.05. The normalized spacial score (nSPS) is 12.7. The highest BCUT2D eigenvalue weighted by Gasteiger charge is 2.21. The van der Waals surface area contributed by atoms with Gasteiger partial charge in [0.15, 0.2) is 11.4 Å². The summed E-state index contributed by atoms with van der Waals surface area (Å²) in [6.45, 7) is 3.18. The van der Waals surface area contributed by atoms with Crippen molar-refractivity contribution in [2.24, 2.45) is 5.73 Å². The van der Waals surface area contributed by atoms with E-state index in [1.165, 1.54) is 6.07 Å². The molecule has 0 bridgehead atoms. The molecule has 0 aliphatic carbocycles. The van der Waals surface area contributed by atoms with Gasteiger partial charge in [0.25, 0.3) is 5.91 Å². The second-order valence-electron chi connectivity index (χ2n) is 8.00. The molecule has 178 valence electrons. The lowest BCUT2D eigenvalue weighted by molar-refractivity contribution is 0.0944. The number of halogens is 2. The molecule has 33 heavy (non-hydrogen) atoms. The summed E-state index contributed by atoms with van der Waals surface area (Å²) in [5.74, 6) is -1.67. The van der Waals surface area contributed by atoms with Crippen LogP contribution in [0.1, 0.15) is 33.7 Å². The van der Waals surface area contributed by atoms with Crippen LogP contribution < -0.4 is 15.8 Å². The van der Waals surface area contributed by atoms with E-state index in [1.807, 2.05) is 0 Å². The summed E-state index contributed by atoms with van der Waals surface area (Å²) in [7, 11) is -3.14. The smallest absolute Gasteiger partial charge is 0.270 e. The first kappa shape index (κ1) is 24.6. The highest BCUT2D eigenvalue weighted by atomic mass is 32.2. The van der Waals surface area contributed by atoms with Gasteiger partial charge in [0.1, 0.15) is 33.8 Å². The molecule has 3 rings (SSSR count). The Balaban J connectivity index is 1.81. The third-order valence-electron chi connectivity index (χ3n) is 5.03. The summed E-state index contributed by atoms with van der Waals surface area (Å²) in [5.41, 5.74) is 7.45. The van der Waals surface area contributed by atoms with E-state index >= 15 is 0 Å². The van der Waals surface area contributed by atoms with Gasteiger partial charge in [-0.25, -0.2) is 22.2 Å². The van der Waals surface area contributed by atoms with Crippen LogP contribution in [0.4, 0.5) is 8.78 Å². The van der Waals surface area contributed by atoms with Crippen LogP contribution in [0.15, 0.2) is 30.5 Å². The Morgan fingerprint density at radius 2 is 1.94 bits per heavy atom. The molecule has 0 spiro atoms. The Bertz CT molecular complexity index is 1270. The fourth-order valence-corrected chi connectivity index (χ4v) is 4.06. The molecule has 2 heterocycles. The van der Waals surface area contributed by atoms with E-state index in [4.69, 9.17) is 10.5 Å². The van der Waals surface area contributed by atoms with Crippen molar-refractivity contribution in [2.45, 2.75) is 32.9 Å². The van der Waals surface area contributed by atoms with Crippen LogP contribution in [0.5, 0.6) is 5.75 Å². The minimum atomic E-state index is -3.14. The minimum absolute atomic E-state index is 0.0683. The number of aromatic nitrogens is 2. The van der Waals surface area contributed by atoms with Crippen LogP contribution in [0.2, 0.25) is 0 Å². The summed E-state index contributed by atoms with van der Waals surface area (Å²) in [6.07, 6.45) is 3.04. The molecule has 0 aliphatic heterocycles. The maximum atomic E-state index is 14.0. The predicted octanol–water partition coefficient (Wildman–Crippen LogP) is 2.30. The third-order valence-corrected chi connectivity index (χ3v) is 6.01. The molecule has 8 nitrogen and oxygen atoms in total. The van der Waals surface area contributed by atoms with Crippen LogP contribution in [0.25, 0.3) is 5.65 Å². The van der Waals surface area contributed by atoms with E-state index in [2.05, 4.69) is 10.3 Å². The van der Waals surface area contributed by atoms with Gasteiger partial charge in [-0.2, -0.15) is 0 Å². The number of aryl methyl sites for hydroxylation is 2. The number of benzene rings is 1. The number of pyridine rings is 1. The number of amides is 1. The number of fused-ring (bicyclic) bond motifs is 1. The number of hydrogen-bond donors (Lipinski definition) is 2. The van der Waals surface area contributed by atoms with Crippen molar-refractivity contribution in [1.82, 2.24) is 14.7 Å². The Kier molecular flexibility index (Phi) is 7.33. The fourth-order valence-electron chi connectivity index (χ4n) is 3.33. The van der Waals surface area contributed by atoms with Gasteiger partial charge >= 0.3 is 0 Å². The van der Waals surface area contributed by atoms with E-state index in [-0.39, 0.29) is 42.3 Å². The Labute approximate surface area is 190 Å². The number of nitrogens with one attached hydrogen (secondary N) is 1. The maximum Gasteiger partial charge on any atom is 0.270 e. The molecule has 3 N–H and O–H groups in total. The highest BCUT2D eigenvalue weighted by molar-refractivity contribution is 7.90. The lowest BCUT2D eigenvalue weighted by Gasteiger charge is -2.13. The first-order chi connectivity index (χ1) is 15.5. The van der Waals surface area contributed by atoms with Crippen molar-refractivity contribution >= 4 is 21.4 Å². The number of nitrogens with zero attached hydrogens (tertiary/aromatic N) is 2. The van der Waals surface area contributed by atoms with Gasteiger partial charge in [-0.3, -0.25) is 9.20 Å². The van der Waals surface area contributed by atoms with Crippen LogP contribution in [-0.4, -0.2) is 48.3 Å². The number of carbonyl (C=O) groups is 1. The van der Waals surface area contributed by atoms with E-state index in [0.29, 0.717) is 11.3 Å². The lowest BCUT2D eigenvalue weighted by atomic mass is 10.2. The molecule has 0 saturated carbocycles. The summed E-state index contributed by atoms with van der Waals surface area (Å²) in [6, 6.07) is 4.71. The lowest BCUT2D eigenvalue weighted by Crippen LogP contribution is -2.38. The monoisotopic (exact) mass is 480 g/mol. The molecule has 0 saturated heterocycles. The Morgan fingerprint density at radius 3 is 2.58 bits per heavy atom. The molecule has 11 heteroatoms. The van der Waals surface area contributed by atoms with E-state index in [0.717, 1.165) is 24.0 Å². The molecule has 3 aromatic rings. The molecular weight excluding hydrogens is 454 g/mol. The van der Waals surface area contributed by atoms with Gasteiger partial charge in [-0.15, -0.1) is 0 Å². The van der Waals surface area contributed by atoms with Crippen LogP contribution in [0, 0.1) is 25.5 Å². The number of carbonyl (C=O) groups excluding carboxylic acids is 1. The zero-order valence-electron chi connectivity index (χ0n) is 18.6. The van der Waals surface area contributed by atoms with E-state index < -0.39 is 33.4 Å². The van der Waals surface area contributed by atoms with Gasteiger partial charge in [-0.1, -0.05) is 6.07 Å². The molecule has 0 radical (unpaired) electrons. The number of sulfone groups is 1. The molecule has 1 amide bonds. The summed E-state index contributed by atoms with van der Waals surface area (Å²) >= 11 is 0. The van der Waals surface area contributed by atoms with E-state index in [1.54, 1.807) is 30.5 Å². The summed E-state index contributed by atoms with van der Waals surface area (Å²) in [5, 5.41) is 2.71. The molecule has 0 aliphatic rings. The molecule has 1 unspecified atom stereocenters. The summed E-state index contributed by atoms with van der Waals surface area (Å²) < 4.78 is 57.7. The van der Waals surface area contributed by atoms with Crippen molar-refractivity contribution in [3.05, 3.63) is 64.6 Å². The van der Waals surface area contributed by atoms with Gasteiger partial charge in [0.05, 0.1) is 17.0 Å². The number of rotatable bonds is 9. The van der Waals surface area contributed by atoms with Gasteiger partial charge < -0.3 is 15.8 Å². The number of nitrogens with two attached hydrogens (primary N) is 1. The second-order valence-corrected chi connectivity index (χ2v) is 10.3. The number of ether oxygens (including phenoxy) is 1. The van der Waals surface area contributed by atoms with E-state index in [9.17, 15) is 22.0 Å². The first-order valence-electron chi connectivity index (χ1n) is 10.2. The zero-order valence-corrected chi connectivity index (χ0v) is 19.4. The summed E-state index contributed by atoms with van der Waals surface area (Å²) in [4.78, 5) is 17.3. The highest BCUT2D eigenvalue weighted by Crippen LogP contribution is 2.26. The first-order valence-corrected chi connectivity index (χ1v) is 12.3. The second kappa shape index (κ2) is 9.84. The quantitative estimate of drug-likeness (QED) is 0.486. The molecule has 1 aromatic carbocycles. The van der Waals surface area contributed by atoms with Gasteiger partial charge in [0, 0.05) is 25.0 Å². The van der Waals surface area contributed by atoms with Crippen molar-refractivity contribution in [3.8, 4) is 5.75 Å². The van der Waals surface area contributed by atoms with Crippen LogP contribution in [-0.2, 0) is 16.4 Å². The van der Waals surface area contributed by atoms with Crippen LogP contribution in [0.3, 0.4) is 0 Å². The van der Waals surface area contributed by atoms with Crippen molar-refractivity contribution in [1.29, 1.82) is 0 Å². The van der Waals surface area contributed by atoms with Crippen molar-refractivity contribution in [3.63, 3.8) is 0 Å². The largest absolute Gasteiger partial charge is 0.485 e. The molecule has 1 atom stereocenters. The fraction of sp³-hybridized carbons (Fsp3) is 0.364. The Hall–Kier alpha value is -3.05. The van der Waals surface area contributed by atoms with Crippen molar-refractivity contribution < 1.29 is 26.7 Å². The molecule has 0 fully saturated rings. The van der Waals surface area contributed by atoms with Crippen molar-refractivity contribution in [2.75, 3.05) is 18.6 Å². The maximum absolute atomic E-state index is 14.0. The standard InChI is InChI=1S/C22H26F2N4O4S/c1-13-9-19(32-12-16-17(23)5-4-6-18(16)24)21-27-14(2)20(28(21)11-13)22(29)26-10-15(25)7-8-33(3,30)31/h4-6,9,11,15H,7-8,10,12,25H2,1-3H3,(H,26,29). The van der Waals surface area contributed by atoms with Gasteiger partial charge in [0.2, 0.25) is 0 Å². The Morgan fingerprint density at radius 1 is 1.27 bits per heavy atom. The average molecular weight is 481 g/mol. The topological polar surface area (TPSA) is 116 Å². The SMILES string of the molecule is Cc1cc(OCc2c(F)cccc2F)c2nc(C)c(C(=O)NCC(N)CCS(C)(=O)=O)n2c1. The number of imidazole rings is 1. The molecule has 2 aromatic heterocycles. The minimum Gasteiger partial charge on any atom is -0.485 e. The third kappa shape index (κ3) is 6.05. The zero-order chi connectivity index (χ0) is 24.3. The number of hydrogen-bond acceptors (Lipinski definition) is 6. The predicted molar refractivity (Wildman–Crippen MR) is 120 cm³/mol. The van der Waals surface area contributed by atoms with Gasteiger partial charge in [-0.05, 0) is 44.0 Å². The van der Waals surface area contributed by atoms with Crippen LogP contribution >= 0.6 is 0 Å². The molecular formula is C22H26F2N4O4S.